The van der Waals surface area contributed by atoms with Gasteiger partial charge in [-0.25, -0.2) is 4.98 Å². The van der Waals surface area contributed by atoms with Crippen molar-refractivity contribution in [2.24, 2.45) is 18.9 Å². The summed E-state index contributed by atoms with van der Waals surface area (Å²) in [5.41, 5.74) is 1.70. The second-order valence-corrected chi connectivity index (χ2v) is 5.47. The Kier molecular flexibility index (Phi) is 3.66. The summed E-state index contributed by atoms with van der Waals surface area (Å²) in [4.78, 5) is 28.1. The van der Waals surface area contributed by atoms with Crippen LogP contribution in [0.5, 0.6) is 0 Å². The smallest absolute Gasteiger partial charge is 0.307 e. The Bertz CT molecular complexity index is 763. The second-order valence-electron chi connectivity index (χ2n) is 5.47. The third kappa shape index (κ3) is 2.47. The lowest BCUT2D eigenvalue weighted by Gasteiger charge is -2.23. The van der Waals surface area contributed by atoms with E-state index in [0.717, 1.165) is 11.0 Å². The number of hydrogen-bond acceptors (Lipinski definition) is 3. The number of aryl methyl sites for hydroxylation is 1. The summed E-state index contributed by atoms with van der Waals surface area (Å²) in [5, 5.41) is 12.0. The van der Waals surface area contributed by atoms with Crippen molar-refractivity contribution in [3.8, 4) is 0 Å². The van der Waals surface area contributed by atoms with Crippen LogP contribution in [0.25, 0.3) is 11.0 Å². The summed E-state index contributed by atoms with van der Waals surface area (Å²) in [7, 11) is 1.82. The number of anilines is 1. The molecule has 2 N–H and O–H groups in total. The molecule has 6 nitrogen and oxygen atoms in total. The van der Waals surface area contributed by atoms with Crippen LogP contribution < -0.4 is 5.32 Å². The van der Waals surface area contributed by atoms with Crippen LogP contribution in [-0.2, 0) is 16.6 Å². The Labute approximate surface area is 127 Å². The highest BCUT2D eigenvalue weighted by molar-refractivity contribution is 5.95. The van der Waals surface area contributed by atoms with Crippen LogP contribution in [0.15, 0.2) is 36.4 Å². The minimum Gasteiger partial charge on any atom is -0.481 e. The van der Waals surface area contributed by atoms with Gasteiger partial charge in [0.1, 0.15) is 0 Å². The molecule has 0 unspecified atom stereocenters. The van der Waals surface area contributed by atoms with E-state index in [2.05, 4.69) is 10.3 Å². The number of allylic oxidation sites excluding steroid dienone is 2. The number of amides is 1. The van der Waals surface area contributed by atoms with E-state index in [4.69, 9.17) is 0 Å². The SMILES string of the molecule is Cn1c(NC(=O)[C@H]2CC=CC[C@@H]2C(=O)O)nc2ccccc21. The van der Waals surface area contributed by atoms with Crippen molar-refractivity contribution in [1.29, 1.82) is 0 Å². The molecule has 22 heavy (non-hydrogen) atoms. The zero-order valence-electron chi connectivity index (χ0n) is 12.2. The number of carboxylic acid groups (broad SMARTS) is 1. The molecule has 0 radical (unpaired) electrons. The average Bonchev–Trinajstić information content (AvgIpc) is 2.84. The Balaban J connectivity index is 1.85. The normalized spacial score (nSPS) is 21.0. The van der Waals surface area contributed by atoms with Gasteiger partial charge in [-0.3, -0.25) is 14.9 Å². The number of rotatable bonds is 3. The van der Waals surface area contributed by atoms with Gasteiger partial charge in [-0.15, -0.1) is 0 Å². The molecule has 1 aliphatic rings. The van der Waals surface area contributed by atoms with E-state index in [1.165, 1.54) is 0 Å². The van der Waals surface area contributed by atoms with Crippen molar-refractivity contribution in [2.75, 3.05) is 5.32 Å². The summed E-state index contributed by atoms with van der Waals surface area (Å²) in [6, 6.07) is 7.57. The fourth-order valence-electron chi connectivity index (χ4n) is 2.84. The Morgan fingerprint density at radius 2 is 1.91 bits per heavy atom. The molecule has 114 valence electrons. The zero-order chi connectivity index (χ0) is 15.7. The van der Waals surface area contributed by atoms with Crippen molar-refractivity contribution in [2.45, 2.75) is 12.8 Å². The third-order valence-corrected chi connectivity index (χ3v) is 4.11. The predicted molar refractivity (Wildman–Crippen MR) is 82.3 cm³/mol. The lowest BCUT2D eigenvalue weighted by atomic mass is 9.82. The van der Waals surface area contributed by atoms with Crippen LogP contribution in [-0.4, -0.2) is 26.5 Å². The highest BCUT2D eigenvalue weighted by Crippen LogP contribution is 2.27. The quantitative estimate of drug-likeness (QED) is 0.851. The molecule has 0 saturated heterocycles. The van der Waals surface area contributed by atoms with Gasteiger partial charge in [0, 0.05) is 7.05 Å². The molecule has 2 atom stereocenters. The standard InChI is InChI=1S/C16H17N3O3/c1-19-13-9-5-4-8-12(13)17-16(19)18-14(20)10-6-2-3-7-11(10)15(21)22/h2-5,8-11H,6-7H2,1H3,(H,21,22)(H,17,18,20)/t10-,11-/m0/s1. The fraction of sp³-hybridized carbons (Fsp3) is 0.312. The number of para-hydroxylation sites is 2. The van der Waals surface area contributed by atoms with Crippen molar-refractivity contribution in [3.63, 3.8) is 0 Å². The lowest BCUT2D eigenvalue weighted by Crippen LogP contribution is -2.35. The molecule has 1 amide bonds. The molecule has 1 aromatic heterocycles. The van der Waals surface area contributed by atoms with E-state index < -0.39 is 17.8 Å². The van der Waals surface area contributed by atoms with Gasteiger partial charge < -0.3 is 9.67 Å². The molecule has 6 heteroatoms. The molecule has 0 aliphatic heterocycles. The van der Waals surface area contributed by atoms with E-state index in [1.807, 2.05) is 43.5 Å². The zero-order valence-corrected chi connectivity index (χ0v) is 12.2. The third-order valence-electron chi connectivity index (χ3n) is 4.11. The first-order valence-electron chi connectivity index (χ1n) is 7.18. The van der Waals surface area contributed by atoms with E-state index in [1.54, 1.807) is 4.57 Å². The van der Waals surface area contributed by atoms with Gasteiger partial charge in [0.05, 0.1) is 22.9 Å². The minimum atomic E-state index is -0.936. The van der Waals surface area contributed by atoms with Crippen molar-refractivity contribution < 1.29 is 14.7 Å². The van der Waals surface area contributed by atoms with Gasteiger partial charge >= 0.3 is 5.97 Å². The molecular weight excluding hydrogens is 282 g/mol. The average molecular weight is 299 g/mol. The molecular formula is C16H17N3O3. The number of fused-ring (bicyclic) bond motifs is 1. The molecule has 1 aromatic carbocycles. The van der Waals surface area contributed by atoms with Crippen molar-refractivity contribution in [3.05, 3.63) is 36.4 Å². The molecule has 0 fully saturated rings. The number of aliphatic carboxylic acids is 1. The summed E-state index contributed by atoms with van der Waals surface area (Å²) in [5.74, 6) is -2.04. The number of aromatic nitrogens is 2. The molecule has 3 rings (SSSR count). The number of carbonyl (C=O) groups excluding carboxylic acids is 1. The first-order valence-corrected chi connectivity index (χ1v) is 7.18. The highest BCUT2D eigenvalue weighted by atomic mass is 16.4. The molecule has 0 bridgehead atoms. The maximum Gasteiger partial charge on any atom is 0.307 e. The van der Waals surface area contributed by atoms with Gasteiger partial charge in [-0.1, -0.05) is 24.3 Å². The fourth-order valence-corrected chi connectivity index (χ4v) is 2.84. The van der Waals surface area contributed by atoms with Crippen molar-refractivity contribution >= 4 is 28.9 Å². The number of nitrogens with one attached hydrogen (secondary N) is 1. The van der Waals surface area contributed by atoms with E-state index >= 15 is 0 Å². The topological polar surface area (TPSA) is 84.2 Å². The number of hydrogen-bond donors (Lipinski definition) is 2. The first-order chi connectivity index (χ1) is 10.6. The number of carbonyl (C=O) groups is 2. The van der Waals surface area contributed by atoms with Gasteiger partial charge in [-0.05, 0) is 25.0 Å². The van der Waals surface area contributed by atoms with Gasteiger partial charge in [0.2, 0.25) is 11.9 Å². The number of benzene rings is 1. The minimum absolute atomic E-state index is 0.296. The number of nitrogens with zero attached hydrogens (tertiary/aromatic N) is 2. The Morgan fingerprint density at radius 1 is 1.23 bits per heavy atom. The molecule has 1 heterocycles. The van der Waals surface area contributed by atoms with Crippen LogP contribution in [0.1, 0.15) is 12.8 Å². The molecule has 0 spiro atoms. The van der Waals surface area contributed by atoms with Gasteiger partial charge in [-0.2, -0.15) is 0 Å². The predicted octanol–water partition coefficient (Wildman–Crippen LogP) is 2.18. The molecule has 1 aliphatic carbocycles. The van der Waals surface area contributed by atoms with Crippen LogP contribution in [0.4, 0.5) is 5.95 Å². The Morgan fingerprint density at radius 3 is 2.59 bits per heavy atom. The van der Waals surface area contributed by atoms with Crippen LogP contribution >= 0.6 is 0 Å². The van der Waals surface area contributed by atoms with Crippen LogP contribution in [0.2, 0.25) is 0 Å². The molecule has 0 saturated carbocycles. The largest absolute Gasteiger partial charge is 0.481 e. The number of imidazole rings is 1. The maximum absolute atomic E-state index is 12.4. The monoisotopic (exact) mass is 299 g/mol. The summed E-state index contributed by atoms with van der Waals surface area (Å²) < 4.78 is 1.79. The van der Waals surface area contributed by atoms with Crippen molar-refractivity contribution in [1.82, 2.24) is 9.55 Å². The maximum atomic E-state index is 12.4. The highest BCUT2D eigenvalue weighted by Gasteiger charge is 2.34. The van der Waals surface area contributed by atoms with Crippen LogP contribution in [0.3, 0.4) is 0 Å². The second kappa shape index (κ2) is 5.63. The van der Waals surface area contributed by atoms with Gasteiger partial charge in [0.25, 0.3) is 0 Å². The summed E-state index contributed by atoms with van der Waals surface area (Å²) in [6.07, 6.45) is 4.50. The first kappa shape index (κ1) is 14.3. The van der Waals surface area contributed by atoms with E-state index in [0.29, 0.717) is 18.8 Å². The van der Waals surface area contributed by atoms with Crippen LogP contribution in [0, 0.1) is 11.8 Å². The lowest BCUT2D eigenvalue weighted by molar-refractivity contribution is -0.146. The summed E-state index contributed by atoms with van der Waals surface area (Å²) in [6.45, 7) is 0. The Hall–Kier alpha value is -2.63. The van der Waals surface area contributed by atoms with E-state index in [-0.39, 0.29) is 5.91 Å². The number of carboxylic acids is 1. The molecule has 2 aromatic rings. The van der Waals surface area contributed by atoms with E-state index in [9.17, 15) is 14.7 Å². The summed E-state index contributed by atoms with van der Waals surface area (Å²) >= 11 is 0. The van der Waals surface area contributed by atoms with Gasteiger partial charge in [0.15, 0.2) is 0 Å².